The number of nitrogens with one attached hydrogen (secondary N) is 2. The molecule has 0 saturated heterocycles. The molecule has 0 radical (unpaired) electrons. The number of aromatic nitrogens is 2. The molecule has 2 aromatic rings. The van der Waals surface area contributed by atoms with Crippen LogP contribution in [0.1, 0.15) is 23.0 Å². The van der Waals surface area contributed by atoms with Crippen molar-refractivity contribution in [2.45, 2.75) is 12.3 Å². The zero-order valence-corrected chi connectivity index (χ0v) is 11.9. The smallest absolute Gasteiger partial charge is 0.317 e. The van der Waals surface area contributed by atoms with Crippen LogP contribution in [0.3, 0.4) is 0 Å². The van der Waals surface area contributed by atoms with Gasteiger partial charge in [0, 0.05) is 12.7 Å². The van der Waals surface area contributed by atoms with Gasteiger partial charge in [0.25, 0.3) is 5.91 Å². The molecule has 0 aliphatic heterocycles. The predicted octanol–water partition coefficient (Wildman–Crippen LogP) is 1.27. The van der Waals surface area contributed by atoms with E-state index in [4.69, 9.17) is 4.74 Å². The molecule has 0 spiro atoms. The van der Waals surface area contributed by atoms with Gasteiger partial charge in [0.05, 0.1) is 7.11 Å². The predicted molar refractivity (Wildman–Crippen MR) is 76.7 cm³/mol. The summed E-state index contributed by atoms with van der Waals surface area (Å²) in [7, 11) is 1.33. The number of aromatic amines is 1. The van der Waals surface area contributed by atoms with Crippen molar-refractivity contribution in [1.82, 2.24) is 15.5 Å². The first-order chi connectivity index (χ1) is 10.1. The van der Waals surface area contributed by atoms with Gasteiger partial charge >= 0.3 is 5.97 Å². The van der Waals surface area contributed by atoms with Crippen LogP contribution in [0.15, 0.2) is 42.6 Å². The van der Waals surface area contributed by atoms with Crippen molar-refractivity contribution in [3.63, 3.8) is 0 Å². The Bertz CT molecular complexity index is 610. The minimum absolute atomic E-state index is 0.127. The molecule has 0 aliphatic carbocycles. The average molecular weight is 287 g/mol. The van der Waals surface area contributed by atoms with Gasteiger partial charge in [-0.25, -0.2) is 0 Å². The van der Waals surface area contributed by atoms with E-state index in [-0.39, 0.29) is 12.5 Å². The summed E-state index contributed by atoms with van der Waals surface area (Å²) in [5.41, 5.74) is 0.170. The number of carbonyl (C=O) groups excluding carboxylic acids is 2. The number of hydrogen-bond acceptors (Lipinski definition) is 4. The molecule has 1 heterocycles. The molecular formula is C15H17N3O3. The number of benzene rings is 1. The highest BCUT2D eigenvalue weighted by molar-refractivity contribution is 5.93. The number of methoxy groups -OCH3 is 1. The monoisotopic (exact) mass is 287 g/mol. The summed E-state index contributed by atoms with van der Waals surface area (Å²) in [5.74, 6) is -0.725. The van der Waals surface area contributed by atoms with Gasteiger partial charge in [0.15, 0.2) is 0 Å². The van der Waals surface area contributed by atoms with E-state index in [0.29, 0.717) is 5.69 Å². The van der Waals surface area contributed by atoms with Crippen molar-refractivity contribution in [3.8, 4) is 0 Å². The average Bonchev–Trinajstić information content (AvgIpc) is 3.06. The van der Waals surface area contributed by atoms with Crippen LogP contribution in [0.4, 0.5) is 0 Å². The van der Waals surface area contributed by atoms with Gasteiger partial charge in [-0.05, 0) is 18.6 Å². The second kappa shape index (κ2) is 6.21. The van der Waals surface area contributed by atoms with E-state index in [1.165, 1.54) is 13.3 Å². The molecule has 0 bridgehead atoms. The highest BCUT2D eigenvalue weighted by Gasteiger charge is 2.36. The van der Waals surface area contributed by atoms with Gasteiger partial charge in [-0.3, -0.25) is 14.7 Å². The number of nitrogens with zero attached hydrogens (tertiary/aromatic N) is 1. The van der Waals surface area contributed by atoms with Crippen LogP contribution < -0.4 is 5.32 Å². The first kappa shape index (κ1) is 14.8. The van der Waals surface area contributed by atoms with E-state index >= 15 is 0 Å². The summed E-state index contributed by atoms with van der Waals surface area (Å²) >= 11 is 0. The van der Waals surface area contributed by atoms with Crippen molar-refractivity contribution in [1.29, 1.82) is 0 Å². The molecule has 0 aliphatic rings. The fourth-order valence-electron chi connectivity index (χ4n) is 2.06. The third kappa shape index (κ3) is 3.10. The van der Waals surface area contributed by atoms with Crippen molar-refractivity contribution in [2.75, 3.05) is 13.7 Å². The second-order valence-corrected chi connectivity index (χ2v) is 4.84. The molecule has 1 aromatic heterocycles. The molecule has 6 nitrogen and oxygen atoms in total. The SMILES string of the molecule is COC(=O)[C@@](C)(CNC(=O)c1ccn[nH]1)c1ccccc1. The van der Waals surface area contributed by atoms with E-state index in [0.717, 1.165) is 5.56 Å². The number of hydrogen-bond donors (Lipinski definition) is 2. The molecule has 6 heteroatoms. The summed E-state index contributed by atoms with van der Waals surface area (Å²) in [5, 5.41) is 9.03. The fourth-order valence-corrected chi connectivity index (χ4v) is 2.06. The number of ether oxygens (including phenoxy) is 1. The van der Waals surface area contributed by atoms with Crippen molar-refractivity contribution in [2.24, 2.45) is 0 Å². The Morgan fingerprint density at radius 3 is 2.57 bits per heavy atom. The number of H-pyrrole nitrogens is 1. The topological polar surface area (TPSA) is 84.1 Å². The van der Waals surface area contributed by atoms with Gasteiger partial charge in [-0.2, -0.15) is 5.10 Å². The first-order valence-electron chi connectivity index (χ1n) is 6.49. The Kier molecular flexibility index (Phi) is 4.37. The van der Waals surface area contributed by atoms with E-state index < -0.39 is 11.4 Å². The van der Waals surface area contributed by atoms with E-state index in [9.17, 15) is 9.59 Å². The maximum Gasteiger partial charge on any atom is 0.317 e. The molecular weight excluding hydrogens is 270 g/mol. The summed E-state index contributed by atoms with van der Waals surface area (Å²) in [6, 6.07) is 10.8. The largest absolute Gasteiger partial charge is 0.468 e. The van der Waals surface area contributed by atoms with Crippen LogP contribution in [0.2, 0.25) is 0 Å². The summed E-state index contributed by atoms with van der Waals surface area (Å²) in [4.78, 5) is 24.1. The molecule has 0 saturated carbocycles. The molecule has 2 rings (SSSR count). The van der Waals surface area contributed by atoms with Crippen molar-refractivity contribution >= 4 is 11.9 Å². The highest BCUT2D eigenvalue weighted by Crippen LogP contribution is 2.24. The highest BCUT2D eigenvalue weighted by atomic mass is 16.5. The second-order valence-electron chi connectivity index (χ2n) is 4.84. The number of esters is 1. The van der Waals surface area contributed by atoms with Crippen LogP contribution in [0.5, 0.6) is 0 Å². The molecule has 110 valence electrons. The standard InChI is InChI=1S/C15H17N3O3/c1-15(14(20)21-2,11-6-4-3-5-7-11)10-16-13(19)12-8-9-17-18-12/h3-9H,10H2,1-2H3,(H,16,19)(H,17,18)/t15-/m0/s1. The van der Waals surface area contributed by atoms with Gasteiger partial charge in [-0.1, -0.05) is 30.3 Å². The fraction of sp³-hybridized carbons (Fsp3) is 0.267. The Morgan fingerprint density at radius 2 is 2.00 bits per heavy atom. The van der Waals surface area contributed by atoms with Crippen LogP contribution in [0.25, 0.3) is 0 Å². The lowest BCUT2D eigenvalue weighted by molar-refractivity contribution is -0.146. The molecule has 0 unspecified atom stereocenters. The van der Waals surface area contributed by atoms with E-state index in [1.54, 1.807) is 13.0 Å². The maximum atomic E-state index is 12.1. The number of carbonyl (C=O) groups is 2. The lowest BCUT2D eigenvalue weighted by Gasteiger charge is -2.27. The summed E-state index contributed by atoms with van der Waals surface area (Å²) in [6.07, 6.45) is 1.49. The molecule has 21 heavy (non-hydrogen) atoms. The third-order valence-electron chi connectivity index (χ3n) is 3.39. The van der Waals surface area contributed by atoms with Crippen LogP contribution >= 0.6 is 0 Å². The van der Waals surface area contributed by atoms with Gasteiger partial charge in [-0.15, -0.1) is 0 Å². The quantitative estimate of drug-likeness (QED) is 0.811. The van der Waals surface area contributed by atoms with Crippen LogP contribution in [-0.2, 0) is 14.9 Å². The minimum atomic E-state index is -0.953. The number of amides is 1. The molecule has 1 atom stereocenters. The third-order valence-corrected chi connectivity index (χ3v) is 3.39. The maximum absolute atomic E-state index is 12.1. The molecule has 1 amide bonds. The molecule has 2 N–H and O–H groups in total. The van der Waals surface area contributed by atoms with Gasteiger partial charge in [0.2, 0.25) is 0 Å². The Balaban J connectivity index is 2.18. The van der Waals surface area contributed by atoms with E-state index in [1.807, 2.05) is 30.3 Å². The Hall–Kier alpha value is -2.63. The lowest BCUT2D eigenvalue weighted by Crippen LogP contribution is -2.45. The van der Waals surface area contributed by atoms with Crippen molar-refractivity contribution < 1.29 is 14.3 Å². The van der Waals surface area contributed by atoms with Crippen molar-refractivity contribution in [3.05, 3.63) is 53.9 Å². The minimum Gasteiger partial charge on any atom is -0.468 e. The Labute approximate surface area is 122 Å². The lowest BCUT2D eigenvalue weighted by atomic mass is 9.82. The molecule has 0 fully saturated rings. The summed E-state index contributed by atoms with van der Waals surface area (Å²) in [6.45, 7) is 1.86. The number of rotatable bonds is 5. The Morgan fingerprint density at radius 1 is 1.29 bits per heavy atom. The first-order valence-corrected chi connectivity index (χ1v) is 6.49. The van der Waals surface area contributed by atoms with Crippen LogP contribution in [-0.4, -0.2) is 35.7 Å². The zero-order chi connectivity index (χ0) is 15.3. The zero-order valence-electron chi connectivity index (χ0n) is 11.9. The van der Waals surface area contributed by atoms with E-state index in [2.05, 4.69) is 15.5 Å². The normalized spacial score (nSPS) is 13.2. The van der Waals surface area contributed by atoms with Gasteiger partial charge in [0.1, 0.15) is 11.1 Å². The van der Waals surface area contributed by atoms with Crippen LogP contribution in [0, 0.1) is 0 Å². The summed E-state index contributed by atoms with van der Waals surface area (Å²) < 4.78 is 4.88. The van der Waals surface area contributed by atoms with Gasteiger partial charge < -0.3 is 10.1 Å². The molecule has 1 aromatic carbocycles.